The summed E-state index contributed by atoms with van der Waals surface area (Å²) in [7, 11) is 0. The van der Waals surface area contributed by atoms with Crippen molar-refractivity contribution in [2.24, 2.45) is 0 Å². The van der Waals surface area contributed by atoms with Crippen LogP contribution in [0, 0.1) is 11.3 Å². The van der Waals surface area contributed by atoms with Gasteiger partial charge in [0.25, 0.3) is 0 Å². The number of nitrogens with zero attached hydrogens (tertiary/aromatic N) is 1. The Morgan fingerprint density at radius 2 is 2.04 bits per heavy atom. The number of hydrogen-bond acceptors (Lipinski definition) is 5. The van der Waals surface area contributed by atoms with Crippen LogP contribution in [0.4, 0.5) is 18.9 Å². The SMILES string of the molecule is CSCC(NC(=S)Nc1ccc(OC(F)(F)F)cc1)C(=O)NCC#N. The van der Waals surface area contributed by atoms with Gasteiger partial charge >= 0.3 is 6.36 Å². The van der Waals surface area contributed by atoms with Crippen molar-refractivity contribution in [2.45, 2.75) is 12.4 Å². The van der Waals surface area contributed by atoms with Gasteiger partial charge in [-0.25, -0.2) is 0 Å². The minimum atomic E-state index is -4.76. The molecule has 11 heteroatoms. The van der Waals surface area contributed by atoms with Gasteiger partial charge in [-0.15, -0.1) is 13.2 Å². The molecule has 1 rings (SSSR count). The van der Waals surface area contributed by atoms with Gasteiger partial charge in [-0.2, -0.15) is 17.0 Å². The number of thiocarbonyl (C=S) groups is 1. The van der Waals surface area contributed by atoms with Gasteiger partial charge in [0.05, 0.1) is 6.07 Å². The topological polar surface area (TPSA) is 86.2 Å². The Bertz CT molecular complexity index is 632. The number of alkyl halides is 3. The largest absolute Gasteiger partial charge is 0.573 e. The van der Waals surface area contributed by atoms with Gasteiger partial charge in [-0.05, 0) is 42.7 Å². The van der Waals surface area contributed by atoms with Crippen LogP contribution in [0.2, 0.25) is 0 Å². The second kappa shape index (κ2) is 9.95. The standard InChI is InChI=1S/C14H15F3N4O2S2/c1-25-8-11(12(22)19-7-6-18)21-13(24)20-9-2-4-10(5-3-9)23-14(15,16)17/h2-5,11H,7-8H2,1H3,(H,19,22)(H2,20,21,24). The third kappa shape index (κ3) is 8.46. The third-order valence-electron chi connectivity index (χ3n) is 2.64. The molecule has 0 spiro atoms. The Morgan fingerprint density at radius 3 is 2.56 bits per heavy atom. The lowest BCUT2D eigenvalue weighted by atomic mass is 10.3. The molecule has 6 nitrogen and oxygen atoms in total. The van der Waals surface area contributed by atoms with E-state index < -0.39 is 12.4 Å². The first-order chi connectivity index (χ1) is 11.7. The van der Waals surface area contributed by atoms with E-state index in [1.165, 1.54) is 23.9 Å². The first-order valence-corrected chi connectivity index (χ1v) is 8.62. The number of ether oxygens (including phenoxy) is 1. The number of thioether (sulfide) groups is 1. The quantitative estimate of drug-likeness (QED) is 0.485. The van der Waals surface area contributed by atoms with Crippen molar-refractivity contribution in [3.05, 3.63) is 24.3 Å². The number of nitrogens with one attached hydrogen (secondary N) is 3. The van der Waals surface area contributed by atoms with Crippen molar-refractivity contribution < 1.29 is 22.7 Å². The monoisotopic (exact) mass is 392 g/mol. The predicted octanol–water partition coefficient (Wildman–Crippen LogP) is 2.24. The van der Waals surface area contributed by atoms with Gasteiger partial charge < -0.3 is 20.7 Å². The fourth-order valence-corrected chi connectivity index (χ4v) is 2.49. The van der Waals surface area contributed by atoms with Crippen LogP contribution in [-0.4, -0.2) is 42.0 Å². The molecular formula is C14H15F3N4O2S2. The van der Waals surface area contributed by atoms with E-state index in [0.717, 1.165) is 12.1 Å². The molecule has 0 bridgehead atoms. The lowest BCUT2D eigenvalue weighted by Gasteiger charge is -2.19. The molecular weight excluding hydrogens is 377 g/mol. The summed E-state index contributed by atoms with van der Waals surface area (Å²) in [4.78, 5) is 11.9. The van der Waals surface area contributed by atoms with E-state index in [1.54, 1.807) is 6.07 Å². The summed E-state index contributed by atoms with van der Waals surface area (Å²) in [6.07, 6.45) is -2.95. The Morgan fingerprint density at radius 1 is 1.40 bits per heavy atom. The molecule has 1 amide bonds. The van der Waals surface area contributed by atoms with Gasteiger partial charge in [0.15, 0.2) is 5.11 Å². The predicted molar refractivity (Wildman–Crippen MR) is 93.3 cm³/mol. The van der Waals surface area contributed by atoms with Crippen LogP contribution < -0.4 is 20.7 Å². The first kappa shape index (κ1) is 20.9. The highest BCUT2D eigenvalue weighted by Crippen LogP contribution is 2.23. The van der Waals surface area contributed by atoms with Gasteiger partial charge in [0, 0.05) is 11.4 Å². The van der Waals surface area contributed by atoms with E-state index in [9.17, 15) is 18.0 Å². The molecule has 0 aliphatic heterocycles. The molecule has 1 unspecified atom stereocenters. The van der Waals surface area contributed by atoms with Gasteiger partial charge in [0.1, 0.15) is 18.3 Å². The fraction of sp³-hybridized carbons (Fsp3) is 0.357. The zero-order valence-corrected chi connectivity index (χ0v) is 14.6. The van der Waals surface area contributed by atoms with Crippen molar-refractivity contribution in [3.8, 4) is 11.8 Å². The normalized spacial score (nSPS) is 11.8. The van der Waals surface area contributed by atoms with Crippen molar-refractivity contribution in [1.29, 1.82) is 5.26 Å². The maximum atomic E-state index is 12.1. The zero-order chi connectivity index (χ0) is 18.9. The molecule has 3 N–H and O–H groups in total. The second-order valence-electron chi connectivity index (χ2n) is 4.55. The lowest BCUT2D eigenvalue weighted by Crippen LogP contribution is -2.49. The molecule has 0 aliphatic rings. The average Bonchev–Trinajstić information content (AvgIpc) is 2.52. The van der Waals surface area contributed by atoms with E-state index in [-0.39, 0.29) is 23.3 Å². The summed E-state index contributed by atoms with van der Waals surface area (Å²) in [6, 6.07) is 6.13. The second-order valence-corrected chi connectivity index (χ2v) is 5.87. The summed E-state index contributed by atoms with van der Waals surface area (Å²) in [5, 5.41) is 16.6. The van der Waals surface area contributed by atoms with E-state index in [4.69, 9.17) is 17.5 Å². The number of amides is 1. The number of rotatable bonds is 7. The number of hydrogen-bond donors (Lipinski definition) is 3. The molecule has 0 aromatic heterocycles. The van der Waals surface area contributed by atoms with Gasteiger partial charge in [-0.3, -0.25) is 4.79 Å². The van der Waals surface area contributed by atoms with Crippen molar-refractivity contribution in [1.82, 2.24) is 10.6 Å². The molecule has 1 aromatic carbocycles. The van der Waals surface area contributed by atoms with Crippen molar-refractivity contribution in [3.63, 3.8) is 0 Å². The summed E-state index contributed by atoms with van der Waals surface area (Å²) in [5.74, 6) is -0.320. The number of carbonyl (C=O) groups excluding carboxylic acids is 1. The maximum Gasteiger partial charge on any atom is 0.573 e. The highest BCUT2D eigenvalue weighted by molar-refractivity contribution is 7.98. The number of halogens is 3. The zero-order valence-electron chi connectivity index (χ0n) is 13.0. The molecule has 0 radical (unpaired) electrons. The van der Waals surface area contributed by atoms with Crippen LogP contribution >= 0.6 is 24.0 Å². The molecule has 0 saturated carbocycles. The van der Waals surface area contributed by atoms with Crippen LogP contribution in [0.1, 0.15) is 0 Å². The summed E-state index contributed by atoms with van der Waals surface area (Å²) in [6.45, 7) is -0.119. The van der Waals surface area contributed by atoms with Crippen LogP contribution in [-0.2, 0) is 4.79 Å². The minimum Gasteiger partial charge on any atom is -0.406 e. The van der Waals surface area contributed by atoms with Crippen molar-refractivity contribution >= 4 is 40.7 Å². The third-order valence-corrected chi connectivity index (χ3v) is 3.53. The average molecular weight is 392 g/mol. The number of benzene rings is 1. The number of carbonyl (C=O) groups is 1. The van der Waals surface area contributed by atoms with E-state index in [1.807, 2.05) is 6.26 Å². The molecule has 0 heterocycles. The smallest absolute Gasteiger partial charge is 0.406 e. The Labute approximate surface area is 152 Å². The highest BCUT2D eigenvalue weighted by Gasteiger charge is 2.31. The van der Waals surface area contributed by atoms with E-state index >= 15 is 0 Å². The molecule has 0 saturated heterocycles. The molecule has 136 valence electrons. The van der Waals surface area contributed by atoms with Crippen molar-refractivity contribution in [2.75, 3.05) is 23.9 Å². The molecule has 1 atom stereocenters. The summed E-state index contributed by atoms with van der Waals surface area (Å²) in [5.41, 5.74) is 0.423. The summed E-state index contributed by atoms with van der Waals surface area (Å²) < 4.78 is 40.1. The maximum absolute atomic E-state index is 12.1. The fourth-order valence-electron chi connectivity index (χ4n) is 1.66. The van der Waals surface area contributed by atoms with Crippen LogP contribution in [0.5, 0.6) is 5.75 Å². The molecule has 25 heavy (non-hydrogen) atoms. The van der Waals surface area contributed by atoms with Crippen LogP contribution in [0.3, 0.4) is 0 Å². The van der Waals surface area contributed by atoms with Crippen LogP contribution in [0.25, 0.3) is 0 Å². The Balaban J connectivity index is 2.61. The van der Waals surface area contributed by atoms with Crippen LogP contribution in [0.15, 0.2) is 24.3 Å². The summed E-state index contributed by atoms with van der Waals surface area (Å²) >= 11 is 6.50. The molecule has 0 aliphatic carbocycles. The highest BCUT2D eigenvalue weighted by atomic mass is 32.2. The van der Waals surface area contributed by atoms with E-state index in [2.05, 4.69) is 20.7 Å². The number of anilines is 1. The molecule has 1 aromatic rings. The first-order valence-electron chi connectivity index (χ1n) is 6.82. The van der Waals surface area contributed by atoms with Gasteiger partial charge in [0.2, 0.25) is 5.91 Å². The minimum absolute atomic E-state index is 0.119. The lowest BCUT2D eigenvalue weighted by molar-refractivity contribution is -0.274. The number of nitriles is 1. The Hall–Kier alpha value is -2.19. The molecule has 0 fully saturated rings. The van der Waals surface area contributed by atoms with Gasteiger partial charge in [-0.1, -0.05) is 0 Å². The van der Waals surface area contributed by atoms with E-state index in [0.29, 0.717) is 11.4 Å². The Kier molecular flexibility index (Phi) is 8.30.